The van der Waals surface area contributed by atoms with Gasteiger partial charge in [-0.15, -0.1) is 0 Å². The summed E-state index contributed by atoms with van der Waals surface area (Å²) in [5, 5.41) is 4.94. The standard InChI is InChI=1S/C13H19N3S/c1-4-14-9(2)10(3)17-13-15-11-7-5-6-8-12(11)16-13/h5-10,14H,4H2,1-3H3,(H,15,16). The monoisotopic (exact) mass is 249 g/mol. The Hall–Kier alpha value is -1.00. The second-order valence-electron chi connectivity index (χ2n) is 4.23. The van der Waals surface area contributed by atoms with Gasteiger partial charge in [0.15, 0.2) is 5.16 Å². The van der Waals surface area contributed by atoms with E-state index in [2.05, 4.69) is 42.1 Å². The average Bonchev–Trinajstić information content (AvgIpc) is 2.71. The number of aromatic nitrogens is 2. The molecule has 0 aliphatic carbocycles. The molecule has 0 bridgehead atoms. The van der Waals surface area contributed by atoms with Gasteiger partial charge >= 0.3 is 0 Å². The first kappa shape index (κ1) is 12.5. The summed E-state index contributed by atoms with van der Waals surface area (Å²) in [7, 11) is 0. The fraction of sp³-hybridized carbons (Fsp3) is 0.462. The summed E-state index contributed by atoms with van der Waals surface area (Å²) in [5.41, 5.74) is 2.15. The van der Waals surface area contributed by atoms with Gasteiger partial charge in [-0.3, -0.25) is 0 Å². The van der Waals surface area contributed by atoms with Crippen molar-refractivity contribution in [2.75, 3.05) is 6.54 Å². The van der Waals surface area contributed by atoms with Crippen LogP contribution in [-0.2, 0) is 0 Å². The molecule has 1 aromatic heterocycles. The number of imidazole rings is 1. The van der Waals surface area contributed by atoms with Crippen molar-refractivity contribution < 1.29 is 0 Å². The maximum Gasteiger partial charge on any atom is 0.166 e. The summed E-state index contributed by atoms with van der Waals surface area (Å²) in [6.45, 7) is 7.58. The highest BCUT2D eigenvalue weighted by molar-refractivity contribution is 7.99. The zero-order chi connectivity index (χ0) is 12.3. The molecule has 0 saturated heterocycles. The molecule has 0 saturated carbocycles. The van der Waals surface area contributed by atoms with E-state index in [9.17, 15) is 0 Å². The van der Waals surface area contributed by atoms with Crippen molar-refractivity contribution in [2.24, 2.45) is 0 Å². The van der Waals surface area contributed by atoms with E-state index < -0.39 is 0 Å². The summed E-state index contributed by atoms with van der Waals surface area (Å²) < 4.78 is 0. The van der Waals surface area contributed by atoms with Gasteiger partial charge in [0.05, 0.1) is 11.0 Å². The molecule has 1 aromatic carbocycles. The van der Waals surface area contributed by atoms with E-state index in [1.165, 1.54) is 0 Å². The van der Waals surface area contributed by atoms with Gasteiger partial charge in [0.25, 0.3) is 0 Å². The minimum Gasteiger partial charge on any atom is -0.333 e. The minimum atomic E-state index is 0.484. The number of hydrogen-bond acceptors (Lipinski definition) is 3. The Bertz CT molecular complexity index is 447. The van der Waals surface area contributed by atoms with E-state index in [0.29, 0.717) is 11.3 Å². The van der Waals surface area contributed by atoms with E-state index in [1.807, 2.05) is 18.2 Å². The topological polar surface area (TPSA) is 40.7 Å². The predicted octanol–water partition coefficient (Wildman–Crippen LogP) is 3.04. The normalized spacial score (nSPS) is 15.0. The van der Waals surface area contributed by atoms with E-state index >= 15 is 0 Å². The molecule has 2 N–H and O–H groups in total. The third-order valence-electron chi connectivity index (χ3n) is 2.90. The zero-order valence-corrected chi connectivity index (χ0v) is 11.3. The van der Waals surface area contributed by atoms with Crippen LogP contribution in [0.4, 0.5) is 0 Å². The molecule has 2 aromatic rings. The first-order valence-corrected chi connectivity index (χ1v) is 6.93. The number of thioether (sulfide) groups is 1. The van der Waals surface area contributed by atoms with Gasteiger partial charge in [0.1, 0.15) is 0 Å². The summed E-state index contributed by atoms with van der Waals surface area (Å²) >= 11 is 1.79. The first-order valence-electron chi connectivity index (χ1n) is 6.05. The van der Waals surface area contributed by atoms with Crippen LogP contribution in [0.15, 0.2) is 29.4 Å². The molecule has 4 heteroatoms. The molecule has 1 heterocycles. The maximum absolute atomic E-state index is 4.57. The minimum absolute atomic E-state index is 0.484. The third-order valence-corrected chi connectivity index (χ3v) is 4.09. The van der Waals surface area contributed by atoms with E-state index in [-0.39, 0.29) is 0 Å². The predicted molar refractivity (Wildman–Crippen MR) is 74.6 cm³/mol. The molecule has 0 spiro atoms. The molecule has 2 atom stereocenters. The van der Waals surface area contributed by atoms with Gasteiger partial charge < -0.3 is 10.3 Å². The van der Waals surface area contributed by atoms with E-state index in [1.54, 1.807) is 11.8 Å². The molecule has 0 aliphatic rings. The molecular weight excluding hydrogens is 230 g/mol. The number of nitrogens with one attached hydrogen (secondary N) is 2. The number of aromatic amines is 1. The molecule has 0 fully saturated rings. The fourth-order valence-electron chi connectivity index (χ4n) is 1.75. The average molecular weight is 249 g/mol. The largest absolute Gasteiger partial charge is 0.333 e. The third kappa shape index (κ3) is 3.01. The molecule has 2 unspecified atom stereocenters. The van der Waals surface area contributed by atoms with Crippen molar-refractivity contribution in [3.8, 4) is 0 Å². The quantitative estimate of drug-likeness (QED) is 0.800. The van der Waals surface area contributed by atoms with Crippen LogP contribution in [0.3, 0.4) is 0 Å². The first-order chi connectivity index (χ1) is 8.20. The van der Waals surface area contributed by atoms with Crippen molar-refractivity contribution >= 4 is 22.8 Å². The van der Waals surface area contributed by atoms with Gasteiger partial charge in [0.2, 0.25) is 0 Å². The molecule has 2 rings (SSSR count). The SMILES string of the molecule is CCNC(C)C(C)Sc1nc2ccccc2[nH]1. The lowest BCUT2D eigenvalue weighted by Gasteiger charge is -2.18. The molecule has 17 heavy (non-hydrogen) atoms. The summed E-state index contributed by atoms with van der Waals surface area (Å²) in [6, 6.07) is 8.62. The van der Waals surface area contributed by atoms with Crippen LogP contribution in [0.25, 0.3) is 11.0 Å². The number of H-pyrrole nitrogens is 1. The lowest BCUT2D eigenvalue weighted by atomic mass is 10.2. The Balaban J connectivity index is 2.07. The Morgan fingerprint density at radius 1 is 1.35 bits per heavy atom. The van der Waals surface area contributed by atoms with Gasteiger partial charge in [-0.2, -0.15) is 0 Å². The Morgan fingerprint density at radius 2 is 2.12 bits per heavy atom. The number of rotatable bonds is 5. The molecule has 92 valence electrons. The van der Waals surface area contributed by atoms with Crippen molar-refractivity contribution in [2.45, 2.75) is 37.2 Å². The fourth-order valence-corrected chi connectivity index (χ4v) is 2.72. The number of nitrogens with zero attached hydrogens (tertiary/aromatic N) is 1. The highest BCUT2D eigenvalue weighted by Gasteiger charge is 2.14. The highest BCUT2D eigenvalue weighted by Crippen LogP contribution is 2.24. The van der Waals surface area contributed by atoms with Crippen LogP contribution in [-0.4, -0.2) is 27.8 Å². The van der Waals surface area contributed by atoms with Crippen LogP contribution in [0, 0.1) is 0 Å². The second-order valence-corrected chi connectivity index (χ2v) is 5.59. The Labute approximate surface area is 106 Å². The Kier molecular flexibility index (Phi) is 4.07. The van der Waals surface area contributed by atoms with Gasteiger partial charge in [0, 0.05) is 11.3 Å². The lowest BCUT2D eigenvalue weighted by molar-refractivity contribution is 0.562. The molecule has 3 nitrogen and oxygen atoms in total. The summed E-state index contributed by atoms with van der Waals surface area (Å²) in [5.74, 6) is 0. The number of para-hydroxylation sites is 2. The van der Waals surface area contributed by atoms with Crippen LogP contribution < -0.4 is 5.32 Å². The van der Waals surface area contributed by atoms with Crippen molar-refractivity contribution in [1.29, 1.82) is 0 Å². The second kappa shape index (κ2) is 5.56. The lowest BCUT2D eigenvalue weighted by Crippen LogP contribution is -2.33. The molecule has 0 radical (unpaired) electrons. The highest BCUT2D eigenvalue weighted by atomic mass is 32.2. The molecular formula is C13H19N3S. The van der Waals surface area contributed by atoms with Crippen LogP contribution in [0.2, 0.25) is 0 Å². The maximum atomic E-state index is 4.57. The van der Waals surface area contributed by atoms with Gasteiger partial charge in [-0.25, -0.2) is 4.98 Å². The molecule has 0 amide bonds. The van der Waals surface area contributed by atoms with Crippen molar-refractivity contribution in [3.63, 3.8) is 0 Å². The van der Waals surface area contributed by atoms with Crippen LogP contribution in [0.1, 0.15) is 20.8 Å². The number of hydrogen-bond donors (Lipinski definition) is 2. The van der Waals surface area contributed by atoms with Crippen LogP contribution in [0.5, 0.6) is 0 Å². The molecule has 0 aliphatic heterocycles. The van der Waals surface area contributed by atoms with Crippen molar-refractivity contribution in [3.05, 3.63) is 24.3 Å². The van der Waals surface area contributed by atoms with E-state index in [0.717, 1.165) is 22.7 Å². The van der Waals surface area contributed by atoms with Crippen LogP contribution >= 0.6 is 11.8 Å². The smallest absolute Gasteiger partial charge is 0.166 e. The summed E-state index contributed by atoms with van der Waals surface area (Å²) in [4.78, 5) is 7.92. The van der Waals surface area contributed by atoms with Gasteiger partial charge in [-0.05, 0) is 25.6 Å². The number of benzene rings is 1. The number of fused-ring (bicyclic) bond motifs is 1. The zero-order valence-electron chi connectivity index (χ0n) is 10.5. The summed E-state index contributed by atoms with van der Waals surface area (Å²) in [6.07, 6.45) is 0. The van der Waals surface area contributed by atoms with E-state index in [4.69, 9.17) is 0 Å². The van der Waals surface area contributed by atoms with Gasteiger partial charge in [-0.1, -0.05) is 37.7 Å². The van der Waals surface area contributed by atoms with Crippen molar-refractivity contribution in [1.82, 2.24) is 15.3 Å². The Morgan fingerprint density at radius 3 is 2.82 bits per heavy atom.